The number of para-hydroxylation sites is 1. The van der Waals surface area contributed by atoms with Crippen molar-refractivity contribution in [2.45, 2.75) is 31.4 Å². The van der Waals surface area contributed by atoms with Crippen LogP contribution in [0.2, 0.25) is 0 Å². The smallest absolute Gasteiger partial charge is 0.326 e. The Morgan fingerprint density at radius 1 is 1.17 bits per heavy atom. The number of benzene rings is 2. The summed E-state index contributed by atoms with van der Waals surface area (Å²) in [6.07, 6.45) is 2.18. The third kappa shape index (κ3) is 3.04. The molecule has 0 unspecified atom stereocenters. The standard InChI is InChI=1S/C22H19N3O4S/c26-19(29-13-18-23-16-9-3-4-10-17(16)30-18)12-25-20(27)22(24-21(25)28)11-5-7-14-6-1-2-8-15(14)22/h1-4,6,8-10H,5,7,11-13H2,(H,24,28)/t22-/m1/s1. The Hall–Kier alpha value is -3.26. The van der Waals surface area contributed by atoms with E-state index in [4.69, 9.17) is 4.74 Å². The van der Waals surface area contributed by atoms with E-state index in [0.717, 1.165) is 39.1 Å². The highest BCUT2D eigenvalue weighted by Gasteiger charge is 2.54. The number of carbonyl (C=O) groups excluding carboxylic acids is 3. The minimum Gasteiger partial charge on any atom is -0.457 e. The number of hydrogen-bond donors (Lipinski definition) is 1. The number of nitrogens with one attached hydrogen (secondary N) is 1. The molecule has 5 rings (SSSR count). The van der Waals surface area contributed by atoms with Crippen molar-refractivity contribution in [3.63, 3.8) is 0 Å². The lowest BCUT2D eigenvalue weighted by Gasteiger charge is -2.33. The van der Waals surface area contributed by atoms with Gasteiger partial charge in [-0.3, -0.25) is 14.5 Å². The Labute approximate surface area is 176 Å². The Morgan fingerprint density at radius 2 is 1.97 bits per heavy atom. The fourth-order valence-corrected chi connectivity index (χ4v) is 5.13. The van der Waals surface area contributed by atoms with E-state index in [2.05, 4.69) is 10.3 Å². The van der Waals surface area contributed by atoms with E-state index in [-0.39, 0.29) is 6.61 Å². The number of carbonyl (C=O) groups is 3. The molecule has 1 fully saturated rings. The number of rotatable bonds is 4. The average molecular weight is 421 g/mol. The second kappa shape index (κ2) is 7.21. The maximum Gasteiger partial charge on any atom is 0.326 e. The molecule has 1 aliphatic heterocycles. The molecule has 30 heavy (non-hydrogen) atoms. The zero-order valence-electron chi connectivity index (χ0n) is 16.1. The fraction of sp³-hybridized carbons (Fsp3) is 0.273. The summed E-state index contributed by atoms with van der Waals surface area (Å²) in [4.78, 5) is 43.5. The number of amides is 3. The monoisotopic (exact) mass is 421 g/mol. The highest BCUT2D eigenvalue weighted by Crippen LogP contribution is 2.39. The summed E-state index contributed by atoms with van der Waals surface area (Å²) >= 11 is 1.44. The van der Waals surface area contributed by atoms with Crippen molar-refractivity contribution >= 4 is 39.5 Å². The molecule has 1 saturated heterocycles. The van der Waals surface area contributed by atoms with E-state index in [9.17, 15) is 14.4 Å². The molecule has 0 radical (unpaired) electrons. The fourth-order valence-electron chi connectivity index (χ4n) is 4.25. The van der Waals surface area contributed by atoms with Crippen molar-refractivity contribution in [2.24, 2.45) is 0 Å². The van der Waals surface area contributed by atoms with Crippen LogP contribution in [0.15, 0.2) is 48.5 Å². The zero-order valence-corrected chi connectivity index (χ0v) is 16.9. The quantitative estimate of drug-likeness (QED) is 0.517. The van der Waals surface area contributed by atoms with Crippen molar-refractivity contribution in [3.8, 4) is 0 Å². The number of esters is 1. The van der Waals surface area contributed by atoms with Gasteiger partial charge in [-0.25, -0.2) is 9.78 Å². The molecule has 1 atom stereocenters. The lowest BCUT2D eigenvalue weighted by molar-refractivity contribution is -0.149. The molecule has 1 aromatic heterocycles. The molecule has 0 bridgehead atoms. The predicted molar refractivity (Wildman–Crippen MR) is 111 cm³/mol. The second-order valence-electron chi connectivity index (χ2n) is 7.47. The summed E-state index contributed by atoms with van der Waals surface area (Å²) in [5.74, 6) is -1.03. The molecule has 2 heterocycles. The van der Waals surface area contributed by atoms with Crippen molar-refractivity contribution < 1.29 is 19.1 Å². The van der Waals surface area contributed by atoms with Crippen LogP contribution in [-0.2, 0) is 32.9 Å². The van der Waals surface area contributed by atoms with Crippen LogP contribution in [0.4, 0.5) is 4.79 Å². The van der Waals surface area contributed by atoms with Crippen LogP contribution >= 0.6 is 11.3 Å². The van der Waals surface area contributed by atoms with Crippen molar-refractivity contribution in [1.29, 1.82) is 0 Å². The maximum absolute atomic E-state index is 13.2. The first-order chi connectivity index (χ1) is 14.6. The summed E-state index contributed by atoms with van der Waals surface area (Å²) in [6.45, 7) is -0.407. The Balaban J connectivity index is 1.29. The van der Waals surface area contributed by atoms with Crippen LogP contribution in [0.1, 0.15) is 29.0 Å². The number of ether oxygens (including phenoxy) is 1. The van der Waals surface area contributed by atoms with Crippen LogP contribution < -0.4 is 5.32 Å². The van der Waals surface area contributed by atoms with Crippen molar-refractivity contribution in [2.75, 3.05) is 6.54 Å². The van der Waals surface area contributed by atoms with Crippen molar-refractivity contribution in [1.82, 2.24) is 15.2 Å². The van der Waals surface area contributed by atoms with Gasteiger partial charge in [-0.05, 0) is 42.5 Å². The van der Waals surface area contributed by atoms with Gasteiger partial charge >= 0.3 is 12.0 Å². The lowest BCUT2D eigenvalue weighted by Crippen LogP contribution is -2.46. The molecular formula is C22H19N3O4S. The van der Waals surface area contributed by atoms with Gasteiger partial charge in [0.15, 0.2) is 0 Å². The number of fused-ring (bicyclic) bond motifs is 3. The van der Waals surface area contributed by atoms with Gasteiger partial charge in [0, 0.05) is 0 Å². The zero-order chi connectivity index (χ0) is 20.7. The van der Waals surface area contributed by atoms with Crippen LogP contribution in [0.25, 0.3) is 10.2 Å². The first kappa shape index (κ1) is 18.7. The summed E-state index contributed by atoms with van der Waals surface area (Å²) in [5, 5.41) is 3.51. The van der Waals surface area contributed by atoms with E-state index in [0.29, 0.717) is 11.4 Å². The van der Waals surface area contributed by atoms with Gasteiger partial charge in [-0.15, -0.1) is 11.3 Å². The Bertz CT molecular complexity index is 1140. The third-order valence-corrected chi connectivity index (χ3v) is 6.64. The van der Waals surface area contributed by atoms with Gasteiger partial charge in [-0.2, -0.15) is 0 Å². The molecule has 8 heteroatoms. The number of hydrogen-bond acceptors (Lipinski definition) is 6. The highest BCUT2D eigenvalue weighted by atomic mass is 32.1. The molecule has 3 amide bonds. The maximum atomic E-state index is 13.2. The first-order valence-electron chi connectivity index (χ1n) is 9.79. The van der Waals surface area contributed by atoms with E-state index in [1.54, 1.807) is 0 Å². The van der Waals surface area contributed by atoms with Crippen molar-refractivity contribution in [3.05, 3.63) is 64.7 Å². The number of aromatic nitrogens is 1. The van der Waals surface area contributed by atoms with E-state index < -0.39 is 30.0 Å². The van der Waals surface area contributed by atoms with Gasteiger partial charge in [0.1, 0.15) is 23.7 Å². The summed E-state index contributed by atoms with van der Waals surface area (Å²) in [6, 6.07) is 14.7. The highest BCUT2D eigenvalue weighted by molar-refractivity contribution is 7.18. The van der Waals surface area contributed by atoms with Gasteiger partial charge in [-0.1, -0.05) is 36.4 Å². The molecule has 2 aliphatic rings. The molecule has 3 aromatic rings. The van der Waals surface area contributed by atoms with Crippen LogP contribution in [0.3, 0.4) is 0 Å². The lowest BCUT2D eigenvalue weighted by atomic mass is 9.76. The normalized spacial score (nSPS) is 20.5. The largest absolute Gasteiger partial charge is 0.457 e. The Morgan fingerprint density at radius 3 is 2.83 bits per heavy atom. The van der Waals surface area contributed by atoms with Gasteiger partial charge in [0.2, 0.25) is 0 Å². The Kier molecular flexibility index (Phi) is 4.51. The molecule has 1 N–H and O–H groups in total. The topological polar surface area (TPSA) is 88.6 Å². The van der Waals surface area contributed by atoms with E-state index in [1.807, 2.05) is 48.5 Å². The van der Waals surface area contributed by atoms with Crippen LogP contribution in [0, 0.1) is 0 Å². The molecule has 1 spiro atoms. The molecule has 0 saturated carbocycles. The molecule has 152 valence electrons. The predicted octanol–water partition coefficient (Wildman–Crippen LogP) is 3.12. The number of nitrogens with zero attached hydrogens (tertiary/aromatic N) is 2. The van der Waals surface area contributed by atoms with E-state index in [1.165, 1.54) is 11.3 Å². The molecule has 2 aromatic carbocycles. The molecule has 1 aliphatic carbocycles. The SMILES string of the molecule is O=C(CN1C(=O)N[C@@]2(CCCc3ccccc32)C1=O)OCc1nc2ccccc2s1. The number of thiazole rings is 1. The second-order valence-corrected chi connectivity index (χ2v) is 8.59. The summed E-state index contributed by atoms with van der Waals surface area (Å²) < 4.78 is 6.31. The van der Waals surface area contributed by atoms with Gasteiger partial charge < -0.3 is 10.1 Å². The molecule has 7 nitrogen and oxygen atoms in total. The van der Waals surface area contributed by atoms with Gasteiger partial charge in [0.25, 0.3) is 5.91 Å². The number of aryl methyl sites for hydroxylation is 1. The minimum absolute atomic E-state index is 0.00973. The summed E-state index contributed by atoms with van der Waals surface area (Å²) in [5.41, 5.74) is 1.64. The number of urea groups is 1. The first-order valence-corrected chi connectivity index (χ1v) is 10.6. The molecular weight excluding hydrogens is 402 g/mol. The van der Waals surface area contributed by atoms with E-state index >= 15 is 0 Å². The van der Waals surface area contributed by atoms with Crippen LogP contribution in [-0.4, -0.2) is 34.3 Å². The number of imide groups is 1. The van der Waals surface area contributed by atoms with Gasteiger partial charge in [0.05, 0.1) is 10.2 Å². The van der Waals surface area contributed by atoms with Crippen LogP contribution in [0.5, 0.6) is 0 Å². The minimum atomic E-state index is -1.08. The third-order valence-electron chi connectivity index (χ3n) is 5.63. The summed E-state index contributed by atoms with van der Waals surface area (Å²) in [7, 11) is 0. The average Bonchev–Trinajstić information content (AvgIpc) is 3.27.